The van der Waals surface area contributed by atoms with Gasteiger partial charge in [-0.25, -0.2) is 0 Å². The number of nitrogens with zero attached hydrogens (tertiary/aromatic N) is 1. The molecular weight excluding hydrogens is 344 g/mol. The van der Waals surface area contributed by atoms with Crippen LogP contribution in [0.4, 0.5) is 11.4 Å². The van der Waals surface area contributed by atoms with E-state index in [0.29, 0.717) is 46.9 Å². The fourth-order valence-electron chi connectivity index (χ4n) is 2.16. The van der Waals surface area contributed by atoms with Crippen molar-refractivity contribution in [3.63, 3.8) is 0 Å². The van der Waals surface area contributed by atoms with Crippen molar-refractivity contribution >= 4 is 28.9 Å². The van der Waals surface area contributed by atoms with Gasteiger partial charge in [0.2, 0.25) is 0 Å². The number of nitrogen functional groups attached to an aromatic ring is 1. The lowest BCUT2D eigenvalue weighted by Crippen LogP contribution is -2.32. The third-order valence-electron chi connectivity index (χ3n) is 3.21. The lowest BCUT2D eigenvalue weighted by atomic mass is 10.2. The van der Waals surface area contributed by atoms with Crippen LogP contribution >= 0.6 is 11.6 Å². The molecule has 6 nitrogen and oxygen atoms in total. The Morgan fingerprint density at radius 2 is 1.68 bits per heavy atom. The minimum Gasteiger partial charge on any atom is -0.492 e. The molecule has 2 aromatic rings. The van der Waals surface area contributed by atoms with Crippen molar-refractivity contribution < 1.29 is 19.1 Å². The summed E-state index contributed by atoms with van der Waals surface area (Å²) < 4.78 is 11.1. The zero-order valence-electron chi connectivity index (χ0n) is 14.4. The van der Waals surface area contributed by atoms with E-state index in [-0.39, 0.29) is 5.91 Å². The average Bonchev–Trinajstić information content (AvgIpc) is 2.57. The SMILES string of the molecule is CCOc1cc(N(Oc2ccc(Cl)cc2)C(C)=O)c(OCC)cc1N. The van der Waals surface area contributed by atoms with Crippen LogP contribution in [0.5, 0.6) is 17.2 Å². The van der Waals surface area contributed by atoms with E-state index in [9.17, 15) is 4.79 Å². The molecule has 2 rings (SSSR count). The second-order valence-corrected chi connectivity index (χ2v) is 5.52. The Labute approximate surface area is 152 Å². The van der Waals surface area contributed by atoms with Gasteiger partial charge < -0.3 is 20.0 Å². The summed E-state index contributed by atoms with van der Waals surface area (Å²) in [7, 11) is 0. The lowest BCUT2D eigenvalue weighted by Gasteiger charge is -2.24. The molecule has 0 saturated carbocycles. The number of amides is 1. The van der Waals surface area contributed by atoms with Gasteiger partial charge in [0.05, 0.1) is 18.9 Å². The van der Waals surface area contributed by atoms with Gasteiger partial charge in [0.1, 0.15) is 17.2 Å². The first-order valence-corrected chi connectivity index (χ1v) is 8.27. The van der Waals surface area contributed by atoms with Crippen LogP contribution < -0.4 is 25.1 Å². The normalized spacial score (nSPS) is 10.2. The second kappa shape index (κ2) is 8.48. The third kappa shape index (κ3) is 4.70. The largest absolute Gasteiger partial charge is 0.492 e. The molecule has 0 atom stereocenters. The fraction of sp³-hybridized carbons (Fsp3) is 0.278. The Hall–Kier alpha value is -2.60. The number of halogens is 1. The van der Waals surface area contributed by atoms with E-state index in [2.05, 4.69) is 0 Å². The lowest BCUT2D eigenvalue weighted by molar-refractivity contribution is -0.120. The maximum Gasteiger partial charge on any atom is 0.257 e. The highest BCUT2D eigenvalue weighted by Gasteiger charge is 2.22. The van der Waals surface area contributed by atoms with Crippen molar-refractivity contribution in [2.45, 2.75) is 20.8 Å². The number of hydroxylamine groups is 1. The molecule has 0 aliphatic rings. The van der Waals surface area contributed by atoms with Gasteiger partial charge >= 0.3 is 0 Å². The van der Waals surface area contributed by atoms with Gasteiger partial charge in [0.15, 0.2) is 5.75 Å². The predicted molar refractivity (Wildman–Crippen MR) is 98.4 cm³/mol. The van der Waals surface area contributed by atoms with E-state index < -0.39 is 0 Å². The number of carbonyl (C=O) groups excluding carboxylic acids is 1. The fourth-order valence-corrected chi connectivity index (χ4v) is 2.29. The highest BCUT2D eigenvalue weighted by Crippen LogP contribution is 2.38. The maximum absolute atomic E-state index is 12.2. The predicted octanol–water partition coefficient (Wildman–Crippen LogP) is 4.07. The van der Waals surface area contributed by atoms with Crippen molar-refractivity contribution in [3.8, 4) is 17.2 Å². The summed E-state index contributed by atoms with van der Waals surface area (Å²) in [5.74, 6) is 1.000. The molecule has 0 spiro atoms. The molecule has 0 aliphatic heterocycles. The van der Waals surface area contributed by atoms with Gasteiger partial charge in [-0.3, -0.25) is 4.79 Å². The number of ether oxygens (including phenoxy) is 2. The molecule has 0 aromatic heterocycles. The number of hydrogen-bond donors (Lipinski definition) is 1. The molecule has 1 amide bonds. The zero-order chi connectivity index (χ0) is 18.4. The summed E-state index contributed by atoms with van der Waals surface area (Å²) >= 11 is 5.88. The van der Waals surface area contributed by atoms with Gasteiger partial charge in [-0.05, 0) is 38.1 Å². The Kier molecular flexibility index (Phi) is 6.36. The summed E-state index contributed by atoms with van der Waals surface area (Å²) in [6.45, 7) is 5.93. The first-order valence-electron chi connectivity index (χ1n) is 7.89. The van der Waals surface area contributed by atoms with Crippen molar-refractivity contribution in [1.82, 2.24) is 0 Å². The van der Waals surface area contributed by atoms with Gasteiger partial charge in [0.25, 0.3) is 5.91 Å². The van der Waals surface area contributed by atoms with Crippen molar-refractivity contribution in [2.24, 2.45) is 0 Å². The molecule has 134 valence electrons. The molecule has 7 heteroatoms. The molecule has 0 unspecified atom stereocenters. The van der Waals surface area contributed by atoms with E-state index in [1.54, 1.807) is 36.4 Å². The van der Waals surface area contributed by atoms with Crippen LogP contribution in [0.3, 0.4) is 0 Å². The van der Waals surface area contributed by atoms with E-state index in [1.165, 1.54) is 6.92 Å². The summed E-state index contributed by atoms with van der Waals surface area (Å²) in [5.41, 5.74) is 6.81. The second-order valence-electron chi connectivity index (χ2n) is 5.08. The highest BCUT2D eigenvalue weighted by molar-refractivity contribution is 6.30. The van der Waals surface area contributed by atoms with Crippen LogP contribution in [0.1, 0.15) is 20.8 Å². The number of rotatable bonds is 7. The quantitative estimate of drug-likeness (QED) is 0.592. The highest BCUT2D eigenvalue weighted by atomic mass is 35.5. The maximum atomic E-state index is 12.2. The number of hydrogen-bond acceptors (Lipinski definition) is 5. The van der Waals surface area contributed by atoms with E-state index in [1.807, 2.05) is 13.8 Å². The first-order chi connectivity index (χ1) is 12.0. The summed E-state index contributed by atoms with van der Waals surface area (Å²) in [5, 5.41) is 1.71. The Balaban J connectivity index is 2.45. The smallest absolute Gasteiger partial charge is 0.257 e. The number of nitrogens with two attached hydrogens (primary N) is 1. The molecule has 2 aromatic carbocycles. The van der Waals surface area contributed by atoms with Crippen LogP contribution in [0.25, 0.3) is 0 Å². The molecule has 2 N–H and O–H groups in total. The Morgan fingerprint density at radius 3 is 2.24 bits per heavy atom. The molecular formula is C18H21ClN2O4. The van der Waals surface area contributed by atoms with E-state index in [4.69, 9.17) is 31.6 Å². The molecule has 0 saturated heterocycles. The van der Waals surface area contributed by atoms with Crippen LogP contribution in [0.2, 0.25) is 5.02 Å². The van der Waals surface area contributed by atoms with Gasteiger partial charge in [-0.2, -0.15) is 0 Å². The molecule has 0 bridgehead atoms. The average molecular weight is 365 g/mol. The minimum atomic E-state index is -0.330. The van der Waals surface area contributed by atoms with Crippen LogP contribution in [-0.2, 0) is 4.79 Å². The molecule has 0 aliphatic carbocycles. The van der Waals surface area contributed by atoms with Gasteiger partial charge in [-0.1, -0.05) is 11.6 Å². The first kappa shape index (κ1) is 18.7. The Bertz CT molecular complexity index is 735. The monoisotopic (exact) mass is 364 g/mol. The van der Waals surface area contributed by atoms with E-state index >= 15 is 0 Å². The van der Waals surface area contributed by atoms with Crippen LogP contribution in [-0.4, -0.2) is 19.1 Å². The minimum absolute atomic E-state index is 0.330. The molecule has 25 heavy (non-hydrogen) atoms. The third-order valence-corrected chi connectivity index (χ3v) is 3.46. The van der Waals surface area contributed by atoms with Crippen molar-refractivity contribution in [3.05, 3.63) is 41.4 Å². The molecule has 0 radical (unpaired) electrons. The number of carbonyl (C=O) groups is 1. The molecule has 0 heterocycles. The summed E-state index contributed by atoms with van der Waals surface area (Å²) in [6.07, 6.45) is 0. The number of anilines is 2. The van der Waals surface area contributed by atoms with Gasteiger partial charge in [-0.15, -0.1) is 5.06 Å². The van der Waals surface area contributed by atoms with Crippen molar-refractivity contribution in [2.75, 3.05) is 24.0 Å². The summed E-state index contributed by atoms with van der Waals surface area (Å²) in [4.78, 5) is 17.9. The van der Waals surface area contributed by atoms with Gasteiger partial charge in [0, 0.05) is 24.1 Å². The number of benzene rings is 2. The molecule has 0 fully saturated rings. The summed E-state index contributed by atoms with van der Waals surface area (Å²) in [6, 6.07) is 9.92. The standard InChI is InChI=1S/C18H21ClN2O4/c1-4-23-17-11-16(18(24-5-2)10-15(17)20)21(12(3)22)25-14-8-6-13(19)7-9-14/h6-11H,4-5,20H2,1-3H3. The van der Waals surface area contributed by atoms with Crippen LogP contribution in [0.15, 0.2) is 36.4 Å². The topological polar surface area (TPSA) is 74.0 Å². The van der Waals surface area contributed by atoms with Crippen LogP contribution in [0, 0.1) is 0 Å². The van der Waals surface area contributed by atoms with Crippen molar-refractivity contribution in [1.29, 1.82) is 0 Å². The van der Waals surface area contributed by atoms with E-state index in [0.717, 1.165) is 5.06 Å². The zero-order valence-corrected chi connectivity index (χ0v) is 15.2. The Morgan fingerprint density at radius 1 is 1.08 bits per heavy atom.